The van der Waals surface area contributed by atoms with E-state index in [1.165, 1.54) is 12.4 Å². The molecule has 2 atom stereocenters. The molecule has 5 rings (SSSR count). The minimum Gasteiger partial charge on any atom is -0.446 e. The Morgan fingerprint density at radius 1 is 1.29 bits per heavy atom. The number of likely N-dealkylation sites (tertiary alicyclic amines) is 1. The third-order valence-electron chi connectivity index (χ3n) is 6.35. The molecule has 11 nitrogen and oxygen atoms in total. The smallest absolute Gasteiger partial charge is 0.410 e. The zero-order chi connectivity index (χ0) is 23.9. The molecule has 0 radical (unpaired) electrons. The zero-order valence-electron chi connectivity index (χ0n) is 19.3. The van der Waals surface area contributed by atoms with Crippen molar-refractivity contribution in [2.75, 3.05) is 48.8 Å². The van der Waals surface area contributed by atoms with E-state index in [9.17, 15) is 4.79 Å². The Hall–Kier alpha value is -3.28. The molecule has 2 aromatic rings. The van der Waals surface area contributed by atoms with Gasteiger partial charge in [0.15, 0.2) is 11.6 Å². The van der Waals surface area contributed by atoms with Crippen LogP contribution in [0.5, 0.6) is 0 Å². The molecule has 1 saturated carbocycles. The summed E-state index contributed by atoms with van der Waals surface area (Å²) >= 11 is 0. The van der Waals surface area contributed by atoms with E-state index in [-0.39, 0.29) is 35.7 Å². The van der Waals surface area contributed by atoms with Crippen LogP contribution in [-0.4, -0.2) is 81.5 Å². The van der Waals surface area contributed by atoms with E-state index < -0.39 is 11.4 Å². The number of carbonyl (C=O) groups excluding carboxylic acids is 1. The summed E-state index contributed by atoms with van der Waals surface area (Å²) in [5.41, 5.74) is 5.50. The molecule has 0 bridgehead atoms. The van der Waals surface area contributed by atoms with Gasteiger partial charge in [0.2, 0.25) is 11.9 Å². The van der Waals surface area contributed by atoms with Gasteiger partial charge in [-0.15, -0.1) is 0 Å². The van der Waals surface area contributed by atoms with Gasteiger partial charge in [0, 0.05) is 37.6 Å². The Bertz CT molecular complexity index is 1070. The Labute approximate surface area is 196 Å². The Kier molecular flexibility index (Phi) is 5.84. The predicted octanol–water partition coefficient (Wildman–Crippen LogP) is 2.06. The number of nitrogen functional groups attached to an aromatic ring is 1. The highest BCUT2D eigenvalue weighted by atomic mass is 19.1. The molecule has 3 fully saturated rings. The number of nitrogens with one attached hydrogen (secondary N) is 1. The lowest BCUT2D eigenvalue weighted by molar-refractivity contribution is 0.0981. The summed E-state index contributed by atoms with van der Waals surface area (Å²) < 4.78 is 26.7. The summed E-state index contributed by atoms with van der Waals surface area (Å²) in [6, 6.07) is 0.0253. The van der Waals surface area contributed by atoms with Gasteiger partial charge in [-0.05, 0) is 33.1 Å². The Morgan fingerprint density at radius 2 is 2.06 bits per heavy atom. The number of morpholine rings is 1. The molecule has 0 aromatic carbocycles. The molecule has 0 unspecified atom stereocenters. The monoisotopic (exact) mass is 472 g/mol. The fourth-order valence-corrected chi connectivity index (χ4v) is 4.23. The number of halogens is 1. The molecule has 4 heterocycles. The number of amides is 1. The first-order chi connectivity index (χ1) is 16.3. The van der Waals surface area contributed by atoms with Crippen LogP contribution in [0.25, 0.3) is 11.3 Å². The fraction of sp³-hybridized carbons (Fsp3) is 0.591. The van der Waals surface area contributed by atoms with E-state index >= 15 is 4.39 Å². The Balaban J connectivity index is 1.45. The molecule has 182 valence electrons. The van der Waals surface area contributed by atoms with Gasteiger partial charge in [0.1, 0.15) is 11.8 Å². The number of aromatic nitrogens is 4. The number of hydrogen-bond acceptors (Lipinski definition) is 10. The molecular formula is C22H29FN8O3. The van der Waals surface area contributed by atoms with Gasteiger partial charge < -0.3 is 30.3 Å². The quantitative estimate of drug-likeness (QED) is 0.666. The van der Waals surface area contributed by atoms with Crippen LogP contribution in [0.2, 0.25) is 0 Å². The van der Waals surface area contributed by atoms with E-state index in [1.54, 1.807) is 4.90 Å². The predicted molar refractivity (Wildman–Crippen MR) is 123 cm³/mol. The largest absolute Gasteiger partial charge is 0.446 e. The fourth-order valence-electron chi connectivity index (χ4n) is 4.23. The normalized spacial score (nSPS) is 24.9. The van der Waals surface area contributed by atoms with E-state index in [2.05, 4.69) is 25.3 Å². The molecule has 2 aromatic heterocycles. The van der Waals surface area contributed by atoms with Crippen molar-refractivity contribution in [3.05, 3.63) is 18.2 Å². The van der Waals surface area contributed by atoms with Crippen LogP contribution >= 0.6 is 0 Å². The summed E-state index contributed by atoms with van der Waals surface area (Å²) in [6.07, 6.45) is 5.06. The standard InChI is InChI=1S/C22H29FN8O3/c1-13-11-33-8-7-31(13)20-27-17(14-9-25-19(24)26-10-14)16(23)18(28-20)29-22(2)5-6-30(12-22)21(32)34-15-3-4-15/h9-10,13,15H,3-8,11-12H2,1-2H3,(H2,24,25,26)(H,27,28,29)/t13-,22-/m0/s1. The van der Waals surface area contributed by atoms with Gasteiger partial charge in [-0.25, -0.2) is 24.1 Å². The second kappa shape index (κ2) is 8.82. The molecule has 2 saturated heterocycles. The molecular weight excluding hydrogens is 443 g/mol. The van der Waals surface area contributed by atoms with E-state index in [0.29, 0.717) is 50.8 Å². The third-order valence-corrected chi connectivity index (χ3v) is 6.35. The molecule has 3 N–H and O–H groups in total. The molecule has 1 aliphatic carbocycles. The number of hydrogen-bond donors (Lipinski definition) is 2. The maximum absolute atomic E-state index is 15.7. The summed E-state index contributed by atoms with van der Waals surface area (Å²) in [5.74, 6) is -0.0676. The lowest BCUT2D eigenvalue weighted by atomic mass is 10.0. The lowest BCUT2D eigenvalue weighted by Crippen LogP contribution is -2.45. The van der Waals surface area contributed by atoms with Crippen LogP contribution in [0.3, 0.4) is 0 Å². The van der Waals surface area contributed by atoms with Crippen LogP contribution in [0.15, 0.2) is 12.4 Å². The summed E-state index contributed by atoms with van der Waals surface area (Å²) in [6.45, 7) is 6.50. The van der Waals surface area contributed by atoms with Crippen molar-refractivity contribution < 1.29 is 18.7 Å². The molecule has 12 heteroatoms. The Morgan fingerprint density at radius 3 is 2.76 bits per heavy atom. The minimum absolute atomic E-state index is 0.0253. The number of carbonyl (C=O) groups is 1. The summed E-state index contributed by atoms with van der Waals surface area (Å²) in [7, 11) is 0. The van der Waals surface area contributed by atoms with Crippen LogP contribution < -0.4 is 16.0 Å². The van der Waals surface area contributed by atoms with Gasteiger partial charge in [0.05, 0.1) is 24.8 Å². The maximum atomic E-state index is 15.7. The minimum atomic E-state index is -0.613. The second-order valence-corrected chi connectivity index (χ2v) is 9.42. The number of nitrogens with two attached hydrogens (primary N) is 1. The maximum Gasteiger partial charge on any atom is 0.410 e. The zero-order valence-corrected chi connectivity index (χ0v) is 19.3. The first-order valence-corrected chi connectivity index (χ1v) is 11.5. The topological polar surface area (TPSA) is 132 Å². The van der Waals surface area contributed by atoms with Crippen molar-refractivity contribution >= 4 is 23.8 Å². The molecule has 1 amide bonds. The van der Waals surface area contributed by atoms with Crippen LogP contribution in [0, 0.1) is 5.82 Å². The van der Waals surface area contributed by atoms with Crippen LogP contribution in [0.4, 0.5) is 26.9 Å². The van der Waals surface area contributed by atoms with Crippen LogP contribution in [0.1, 0.15) is 33.1 Å². The number of nitrogens with zero attached hydrogens (tertiary/aromatic N) is 6. The lowest BCUT2D eigenvalue weighted by Gasteiger charge is -2.34. The van der Waals surface area contributed by atoms with E-state index in [0.717, 1.165) is 12.8 Å². The first kappa shape index (κ1) is 22.5. The molecule has 0 spiro atoms. The van der Waals surface area contributed by atoms with Crippen molar-refractivity contribution in [2.24, 2.45) is 0 Å². The molecule has 2 aliphatic heterocycles. The van der Waals surface area contributed by atoms with Crippen molar-refractivity contribution in [2.45, 2.75) is 50.8 Å². The number of ether oxygens (including phenoxy) is 2. The van der Waals surface area contributed by atoms with Crippen molar-refractivity contribution in [3.63, 3.8) is 0 Å². The average Bonchev–Trinajstić information content (AvgIpc) is 3.55. The summed E-state index contributed by atoms with van der Waals surface area (Å²) in [4.78, 5) is 33.1. The third kappa shape index (κ3) is 4.67. The average molecular weight is 473 g/mol. The highest BCUT2D eigenvalue weighted by molar-refractivity contribution is 5.69. The highest BCUT2D eigenvalue weighted by Gasteiger charge is 2.40. The van der Waals surface area contributed by atoms with Gasteiger partial charge in [-0.2, -0.15) is 4.98 Å². The van der Waals surface area contributed by atoms with E-state index in [1.807, 2.05) is 18.7 Å². The van der Waals surface area contributed by atoms with Crippen LogP contribution in [-0.2, 0) is 9.47 Å². The van der Waals surface area contributed by atoms with Gasteiger partial charge in [-0.3, -0.25) is 0 Å². The van der Waals surface area contributed by atoms with E-state index in [4.69, 9.17) is 15.2 Å². The second-order valence-electron chi connectivity index (χ2n) is 9.42. The molecule has 3 aliphatic rings. The number of rotatable bonds is 5. The van der Waals surface area contributed by atoms with Crippen molar-refractivity contribution in [1.82, 2.24) is 24.8 Å². The molecule has 34 heavy (non-hydrogen) atoms. The van der Waals surface area contributed by atoms with Gasteiger partial charge >= 0.3 is 6.09 Å². The SMILES string of the molecule is C[C@H]1COCCN1c1nc(N[C@@]2(C)CCN(C(=O)OC3CC3)C2)c(F)c(-c2cnc(N)nc2)n1. The first-order valence-electron chi connectivity index (χ1n) is 11.5. The van der Waals surface area contributed by atoms with Crippen molar-refractivity contribution in [3.8, 4) is 11.3 Å². The van der Waals surface area contributed by atoms with Gasteiger partial charge in [-0.1, -0.05) is 0 Å². The van der Waals surface area contributed by atoms with Crippen molar-refractivity contribution in [1.29, 1.82) is 0 Å². The highest BCUT2D eigenvalue weighted by Crippen LogP contribution is 2.33. The summed E-state index contributed by atoms with van der Waals surface area (Å²) in [5, 5.41) is 3.26. The number of anilines is 3. The van der Waals surface area contributed by atoms with Gasteiger partial charge in [0.25, 0.3) is 0 Å².